The second-order valence-corrected chi connectivity index (χ2v) is 6.76. The number of rotatable bonds is 5. The lowest BCUT2D eigenvalue weighted by molar-refractivity contribution is -0.140. The van der Waals surface area contributed by atoms with E-state index in [2.05, 4.69) is 0 Å². The van der Waals surface area contributed by atoms with Crippen LogP contribution in [-0.2, 0) is 16.1 Å². The minimum Gasteiger partial charge on any atom is -0.507 e. The molecule has 0 radical (unpaired) electrons. The first-order valence-corrected chi connectivity index (χ1v) is 9.21. The number of methoxy groups -OCH3 is 1. The van der Waals surface area contributed by atoms with Gasteiger partial charge < -0.3 is 19.2 Å². The molecule has 0 aliphatic carbocycles. The lowest BCUT2D eigenvalue weighted by atomic mass is 9.99. The molecule has 1 unspecified atom stereocenters. The molecule has 1 aliphatic rings. The zero-order chi connectivity index (χ0) is 21.3. The summed E-state index contributed by atoms with van der Waals surface area (Å²) >= 11 is 0. The Hall–Kier alpha value is -3.87. The molecule has 1 atom stereocenters. The molecule has 1 aromatic heterocycles. The van der Waals surface area contributed by atoms with Gasteiger partial charge in [0, 0.05) is 11.1 Å². The fraction of sp³-hybridized carbons (Fsp3) is 0.130. The molecule has 1 aliphatic heterocycles. The normalized spacial score (nSPS) is 18.1. The number of para-hydroxylation sites is 1. The first kappa shape index (κ1) is 19.4. The van der Waals surface area contributed by atoms with E-state index in [1.165, 1.54) is 42.5 Å². The Balaban J connectivity index is 1.83. The maximum atomic E-state index is 13.3. The van der Waals surface area contributed by atoms with Crippen molar-refractivity contribution in [1.29, 1.82) is 0 Å². The molecule has 0 spiro atoms. The number of hydrogen-bond acceptors (Lipinski definition) is 5. The first-order valence-electron chi connectivity index (χ1n) is 9.21. The third kappa shape index (κ3) is 3.34. The van der Waals surface area contributed by atoms with Gasteiger partial charge in [0.15, 0.2) is 0 Å². The average Bonchev–Trinajstić information content (AvgIpc) is 3.37. The highest BCUT2D eigenvalue weighted by molar-refractivity contribution is 6.46. The van der Waals surface area contributed by atoms with Crippen LogP contribution in [0.3, 0.4) is 0 Å². The second-order valence-electron chi connectivity index (χ2n) is 6.76. The Kier molecular flexibility index (Phi) is 5.10. The van der Waals surface area contributed by atoms with Crippen molar-refractivity contribution >= 4 is 17.4 Å². The second kappa shape index (κ2) is 7.87. The minimum absolute atomic E-state index is 0.0696. The fourth-order valence-electron chi connectivity index (χ4n) is 3.57. The molecule has 3 aromatic rings. The predicted octanol–water partition coefficient (Wildman–Crippen LogP) is 4.05. The van der Waals surface area contributed by atoms with Crippen LogP contribution >= 0.6 is 0 Å². The number of aliphatic hydroxyl groups is 1. The maximum Gasteiger partial charge on any atom is 0.296 e. The standard InChI is InChI=1S/C23H18FNO5/c1-29-17-6-3-2-5-15(17)13-25-20(18-7-4-12-30-18)19(22(27)23(25)28)21(26)14-8-10-16(24)11-9-14/h2-12,20,26H,13H2,1H3/b21-19-. The number of ketones is 1. The number of carbonyl (C=O) groups is 2. The molecule has 6 nitrogen and oxygen atoms in total. The number of benzene rings is 2. The van der Waals surface area contributed by atoms with Crippen LogP contribution in [-0.4, -0.2) is 28.8 Å². The van der Waals surface area contributed by atoms with E-state index in [0.717, 1.165) is 0 Å². The molecule has 1 saturated heterocycles. The Morgan fingerprint density at radius 2 is 1.83 bits per heavy atom. The quantitative estimate of drug-likeness (QED) is 0.392. The number of carbonyl (C=O) groups excluding carboxylic acids is 2. The maximum absolute atomic E-state index is 13.3. The molecule has 1 N–H and O–H groups in total. The van der Waals surface area contributed by atoms with E-state index in [0.29, 0.717) is 17.1 Å². The molecular weight excluding hydrogens is 389 g/mol. The lowest BCUT2D eigenvalue weighted by Gasteiger charge is -2.24. The van der Waals surface area contributed by atoms with Crippen molar-refractivity contribution in [3.05, 3.63) is 95.2 Å². The van der Waals surface area contributed by atoms with Crippen LogP contribution in [0.4, 0.5) is 4.39 Å². The number of likely N-dealkylation sites (tertiary alicyclic amines) is 1. The average molecular weight is 407 g/mol. The van der Waals surface area contributed by atoms with Crippen molar-refractivity contribution in [2.24, 2.45) is 0 Å². The van der Waals surface area contributed by atoms with Gasteiger partial charge in [0.25, 0.3) is 11.7 Å². The van der Waals surface area contributed by atoms with E-state index < -0.39 is 29.3 Å². The van der Waals surface area contributed by atoms with Gasteiger partial charge >= 0.3 is 0 Å². The molecule has 1 amide bonds. The Labute approximate surface area is 171 Å². The number of Topliss-reactive ketones (excluding diaryl/α,β-unsaturated/α-hetero) is 1. The summed E-state index contributed by atoms with van der Waals surface area (Å²) in [4.78, 5) is 27.1. The summed E-state index contributed by atoms with van der Waals surface area (Å²) in [6, 6.07) is 14.5. The summed E-state index contributed by atoms with van der Waals surface area (Å²) in [7, 11) is 1.52. The van der Waals surface area contributed by atoms with Gasteiger partial charge in [0.2, 0.25) is 0 Å². The topological polar surface area (TPSA) is 80.0 Å². The number of nitrogens with zero attached hydrogens (tertiary/aromatic N) is 1. The molecule has 0 saturated carbocycles. The minimum atomic E-state index is -0.935. The molecule has 30 heavy (non-hydrogen) atoms. The van der Waals surface area contributed by atoms with E-state index in [-0.39, 0.29) is 17.7 Å². The monoisotopic (exact) mass is 407 g/mol. The van der Waals surface area contributed by atoms with Crippen molar-refractivity contribution in [3.63, 3.8) is 0 Å². The van der Waals surface area contributed by atoms with Gasteiger partial charge in [-0.15, -0.1) is 0 Å². The molecular formula is C23H18FNO5. The summed E-state index contributed by atoms with van der Waals surface area (Å²) in [5.41, 5.74) is 0.805. The number of hydrogen-bond donors (Lipinski definition) is 1. The molecule has 1 fully saturated rings. The number of furan rings is 1. The van der Waals surface area contributed by atoms with E-state index in [1.807, 2.05) is 0 Å². The number of amides is 1. The SMILES string of the molecule is COc1ccccc1CN1C(=O)C(=O)/C(=C(\O)c2ccc(F)cc2)C1c1ccco1. The largest absolute Gasteiger partial charge is 0.507 e. The summed E-state index contributed by atoms with van der Waals surface area (Å²) in [5.74, 6) is -1.59. The summed E-state index contributed by atoms with van der Waals surface area (Å²) < 4.78 is 24.1. The van der Waals surface area contributed by atoms with Crippen LogP contribution in [0.15, 0.2) is 76.9 Å². The highest BCUT2D eigenvalue weighted by Gasteiger charge is 2.47. The zero-order valence-corrected chi connectivity index (χ0v) is 16.0. The number of aliphatic hydroxyl groups excluding tert-OH is 1. The molecule has 0 bridgehead atoms. The predicted molar refractivity (Wildman–Crippen MR) is 106 cm³/mol. The Morgan fingerprint density at radius 3 is 2.50 bits per heavy atom. The van der Waals surface area contributed by atoms with Crippen LogP contribution in [0.2, 0.25) is 0 Å². The van der Waals surface area contributed by atoms with Crippen LogP contribution in [0.25, 0.3) is 5.76 Å². The molecule has 2 heterocycles. The van der Waals surface area contributed by atoms with Gasteiger partial charge in [-0.05, 0) is 42.5 Å². The van der Waals surface area contributed by atoms with Gasteiger partial charge in [-0.1, -0.05) is 18.2 Å². The zero-order valence-electron chi connectivity index (χ0n) is 16.0. The highest BCUT2D eigenvalue weighted by Crippen LogP contribution is 2.41. The summed E-state index contributed by atoms with van der Waals surface area (Å²) in [6.07, 6.45) is 1.43. The smallest absolute Gasteiger partial charge is 0.296 e. The highest BCUT2D eigenvalue weighted by atomic mass is 19.1. The van der Waals surface area contributed by atoms with Crippen LogP contribution in [0.5, 0.6) is 5.75 Å². The third-order valence-corrected chi connectivity index (χ3v) is 5.00. The lowest BCUT2D eigenvalue weighted by Crippen LogP contribution is -2.29. The van der Waals surface area contributed by atoms with Crippen molar-refractivity contribution in [2.45, 2.75) is 12.6 Å². The van der Waals surface area contributed by atoms with Crippen molar-refractivity contribution in [3.8, 4) is 5.75 Å². The summed E-state index contributed by atoms with van der Waals surface area (Å²) in [5, 5.41) is 10.8. The first-order chi connectivity index (χ1) is 14.5. The fourth-order valence-corrected chi connectivity index (χ4v) is 3.57. The van der Waals surface area contributed by atoms with Crippen molar-refractivity contribution < 1.29 is 28.2 Å². The van der Waals surface area contributed by atoms with Crippen molar-refractivity contribution in [2.75, 3.05) is 7.11 Å². The van der Waals surface area contributed by atoms with E-state index >= 15 is 0 Å². The van der Waals surface area contributed by atoms with E-state index in [1.54, 1.807) is 36.4 Å². The van der Waals surface area contributed by atoms with E-state index in [4.69, 9.17) is 9.15 Å². The van der Waals surface area contributed by atoms with Gasteiger partial charge in [-0.25, -0.2) is 4.39 Å². The molecule has 2 aromatic carbocycles. The Morgan fingerprint density at radius 1 is 1.10 bits per heavy atom. The van der Waals surface area contributed by atoms with Gasteiger partial charge in [0.1, 0.15) is 29.1 Å². The van der Waals surface area contributed by atoms with Crippen LogP contribution in [0.1, 0.15) is 22.9 Å². The molecule has 4 rings (SSSR count). The summed E-state index contributed by atoms with van der Waals surface area (Å²) in [6.45, 7) is 0.0696. The van der Waals surface area contributed by atoms with Gasteiger partial charge in [0.05, 0.1) is 25.5 Å². The van der Waals surface area contributed by atoms with Gasteiger partial charge in [-0.2, -0.15) is 0 Å². The number of halogens is 1. The van der Waals surface area contributed by atoms with E-state index in [9.17, 15) is 19.1 Å². The van der Waals surface area contributed by atoms with Crippen LogP contribution in [0, 0.1) is 5.82 Å². The van der Waals surface area contributed by atoms with Gasteiger partial charge in [-0.3, -0.25) is 9.59 Å². The molecule has 7 heteroatoms. The number of ether oxygens (including phenoxy) is 1. The van der Waals surface area contributed by atoms with Crippen LogP contribution < -0.4 is 4.74 Å². The molecule has 152 valence electrons. The third-order valence-electron chi connectivity index (χ3n) is 5.00. The Bertz CT molecular complexity index is 1120. The van der Waals surface area contributed by atoms with Crippen molar-refractivity contribution in [1.82, 2.24) is 4.90 Å².